The Morgan fingerprint density at radius 1 is 1.25 bits per heavy atom. The monoisotopic (exact) mass is 403 g/mol. The highest BCUT2D eigenvalue weighted by Gasteiger charge is 2.57. The molecule has 2 aromatic rings. The van der Waals surface area contributed by atoms with Gasteiger partial charge in [-0.15, -0.1) is 0 Å². The molecule has 1 aromatic carbocycles. The Kier molecular flexibility index (Phi) is 3.96. The first-order valence-electron chi connectivity index (χ1n) is 8.28. The SMILES string of the molecule is Cc1nn(C)c(C)c1C1=NOC2C(=O)N(c3ccc(Cl)c([N+](=O)[O-])c3)C(=O)C12. The average Bonchev–Trinajstić information content (AvgIpc) is 3.24. The topological polar surface area (TPSA) is 120 Å². The number of imide groups is 1. The van der Waals surface area contributed by atoms with Crippen molar-refractivity contribution in [1.29, 1.82) is 0 Å². The maximum Gasteiger partial charge on any atom is 0.289 e. The maximum absolute atomic E-state index is 13.1. The molecule has 2 unspecified atom stereocenters. The number of fused-ring (bicyclic) bond motifs is 1. The lowest BCUT2D eigenvalue weighted by atomic mass is 9.93. The lowest BCUT2D eigenvalue weighted by molar-refractivity contribution is -0.384. The molecule has 2 aliphatic rings. The van der Waals surface area contributed by atoms with Crippen molar-refractivity contribution in [3.05, 3.63) is 50.3 Å². The maximum atomic E-state index is 13.1. The zero-order valence-electron chi connectivity index (χ0n) is 15.0. The molecule has 0 N–H and O–H groups in total. The van der Waals surface area contributed by atoms with E-state index >= 15 is 0 Å². The predicted octanol–water partition coefficient (Wildman–Crippen LogP) is 1.89. The summed E-state index contributed by atoms with van der Waals surface area (Å²) in [5.41, 5.74) is 2.08. The molecule has 1 aromatic heterocycles. The van der Waals surface area contributed by atoms with Gasteiger partial charge in [-0.2, -0.15) is 5.10 Å². The highest BCUT2D eigenvalue weighted by molar-refractivity contribution is 6.34. The largest absolute Gasteiger partial charge is 0.381 e. The number of nitro groups is 1. The Bertz CT molecular complexity index is 1090. The number of hydrogen-bond donors (Lipinski definition) is 0. The molecule has 2 aliphatic heterocycles. The summed E-state index contributed by atoms with van der Waals surface area (Å²) in [6.45, 7) is 3.60. The highest BCUT2D eigenvalue weighted by Crippen LogP contribution is 2.38. The Hall–Kier alpha value is -3.27. The predicted molar refractivity (Wildman–Crippen MR) is 98.2 cm³/mol. The second-order valence-electron chi connectivity index (χ2n) is 6.55. The van der Waals surface area contributed by atoms with Gasteiger partial charge in [0, 0.05) is 24.4 Å². The summed E-state index contributed by atoms with van der Waals surface area (Å²) in [5, 5.41) is 19.3. The molecule has 0 saturated carbocycles. The van der Waals surface area contributed by atoms with E-state index in [-0.39, 0.29) is 10.7 Å². The van der Waals surface area contributed by atoms with Gasteiger partial charge in [-0.1, -0.05) is 16.8 Å². The third-order valence-electron chi connectivity index (χ3n) is 4.96. The summed E-state index contributed by atoms with van der Waals surface area (Å²) in [5.74, 6) is -2.14. The summed E-state index contributed by atoms with van der Waals surface area (Å²) < 4.78 is 1.65. The first-order chi connectivity index (χ1) is 13.2. The molecular formula is C17H14ClN5O5. The fourth-order valence-electron chi connectivity index (χ4n) is 3.56. The van der Waals surface area contributed by atoms with Gasteiger partial charge in [0.1, 0.15) is 16.7 Å². The number of aromatic nitrogens is 2. The molecule has 0 radical (unpaired) electrons. The van der Waals surface area contributed by atoms with Crippen molar-refractivity contribution < 1.29 is 19.3 Å². The van der Waals surface area contributed by atoms with Gasteiger partial charge < -0.3 is 4.84 Å². The van der Waals surface area contributed by atoms with Crippen LogP contribution < -0.4 is 4.90 Å². The minimum Gasteiger partial charge on any atom is -0.381 e. The molecule has 144 valence electrons. The number of amides is 2. The van der Waals surface area contributed by atoms with E-state index in [9.17, 15) is 19.7 Å². The van der Waals surface area contributed by atoms with E-state index in [1.165, 1.54) is 12.1 Å². The highest BCUT2D eigenvalue weighted by atomic mass is 35.5. The molecular weight excluding hydrogens is 390 g/mol. The van der Waals surface area contributed by atoms with Crippen molar-refractivity contribution in [2.45, 2.75) is 20.0 Å². The average molecular weight is 404 g/mol. The van der Waals surface area contributed by atoms with E-state index in [0.29, 0.717) is 17.0 Å². The van der Waals surface area contributed by atoms with Gasteiger partial charge in [0.25, 0.3) is 11.6 Å². The van der Waals surface area contributed by atoms with E-state index < -0.39 is 34.4 Å². The minimum absolute atomic E-state index is 0.0584. The number of nitro benzene ring substituents is 1. The molecule has 11 heteroatoms. The minimum atomic E-state index is -1.11. The van der Waals surface area contributed by atoms with E-state index in [4.69, 9.17) is 16.4 Å². The summed E-state index contributed by atoms with van der Waals surface area (Å²) in [7, 11) is 1.76. The van der Waals surface area contributed by atoms with Crippen molar-refractivity contribution in [1.82, 2.24) is 9.78 Å². The fourth-order valence-corrected chi connectivity index (χ4v) is 3.75. The third-order valence-corrected chi connectivity index (χ3v) is 5.28. The first kappa shape index (κ1) is 18.1. The van der Waals surface area contributed by atoms with Crippen LogP contribution in [0.4, 0.5) is 11.4 Å². The molecule has 0 spiro atoms. The van der Waals surface area contributed by atoms with Gasteiger partial charge in [-0.25, -0.2) is 4.90 Å². The van der Waals surface area contributed by atoms with Crippen molar-refractivity contribution in [3.8, 4) is 0 Å². The molecule has 3 heterocycles. The van der Waals surface area contributed by atoms with Crippen LogP contribution in [0.2, 0.25) is 5.02 Å². The Balaban J connectivity index is 1.76. The van der Waals surface area contributed by atoms with E-state index in [2.05, 4.69) is 10.3 Å². The molecule has 1 saturated heterocycles. The summed E-state index contributed by atoms with van der Waals surface area (Å²) >= 11 is 5.82. The number of benzene rings is 1. The smallest absolute Gasteiger partial charge is 0.289 e. The van der Waals surface area contributed by atoms with Gasteiger partial charge in [0.05, 0.1) is 16.3 Å². The van der Waals surface area contributed by atoms with Crippen molar-refractivity contribution in [2.24, 2.45) is 18.1 Å². The van der Waals surface area contributed by atoms with Gasteiger partial charge in [-0.05, 0) is 26.0 Å². The number of oxime groups is 1. The number of rotatable bonds is 3. The number of carbonyl (C=O) groups is 2. The zero-order chi connectivity index (χ0) is 20.3. The van der Waals surface area contributed by atoms with Crippen LogP contribution in [-0.2, 0) is 21.5 Å². The van der Waals surface area contributed by atoms with Gasteiger partial charge >= 0.3 is 0 Å². The number of nitrogens with zero attached hydrogens (tertiary/aromatic N) is 5. The van der Waals surface area contributed by atoms with Crippen LogP contribution in [0.3, 0.4) is 0 Å². The lowest BCUT2D eigenvalue weighted by Gasteiger charge is -2.15. The van der Waals surface area contributed by atoms with E-state index in [1.807, 2.05) is 6.92 Å². The third kappa shape index (κ3) is 2.41. The Morgan fingerprint density at radius 2 is 1.96 bits per heavy atom. The van der Waals surface area contributed by atoms with E-state index in [0.717, 1.165) is 16.7 Å². The van der Waals surface area contributed by atoms with Crippen LogP contribution >= 0.6 is 11.6 Å². The molecule has 0 aliphatic carbocycles. The van der Waals surface area contributed by atoms with Crippen molar-refractivity contribution in [2.75, 3.05) is 4.90 Å². The molecule has 2 atom stereocenters. The van der Waals surface area contributed by atoms with E-state index in [1.54, 1.807) is 18.7 Å². The first-order valence-corrected chi connectivity index (χ1v) is 8.66. The van der Waals surface area contributed by atoms with Crippen molar-refractivity contribution in [3.63, 3.8) is 0 Å². The summed E-state index contributed by atoms with van der Waals surface area (Å²) in [6, 6.07) is 3.75. The Morgan fingerprint density at radius 3 is 2.57 bits per heavy atom. The van der Waals surface area contributed by atoms with Crippen LogP contribution in [0, 0.1) is 29.9 Å². The number of hydrogen-bond acceptors (Lipinski definition) is 7. The van der Waals surface area contributed by atoms with Crippen LogP contribution in [0.1, 0.15) is 17.0 Å². The lowest BCUT2D eigenvalue weighted by Crippen LogP contribution is -2.33. The standard InChI is InChI=1S/C17H14ClN5O5/c1-7-12(8(2)21(3)19-7)14-13-15(28-20-14)17(25)22(16(13)24)9-4-5-10(18)11(6-9)23(26)27/h4-6,13,15H,1-3H3. The second-order valence-corrected chi connectivity index (χ2v) is 6.96. The quantitative estimate of drug-likeness (QED) is 0.438. The normalized spacial score (nSPS) is 21.0. The molecule has 10 nitrogen and oxygen atoms in total. The molecule has 1 fully saturated rings. The Labute approximate surface area is 163 Å². The van der Waals surface area contributed by atoms with Crippen LogP contribution in [0.5, 0.6) is 0 Å². The summed E-state index contributed by atoms with van der Waals surface area (Å²) in [6.07, 6.45) is -1.11. The second kappa shape index (κ2) is 6.13. The van der Waals surface area contributed by atoms with Crippen LogP contribution in [-0.4, -0.2) is 38.3 Å². The number of carbonyl (C=O) groups excluding carboxylic acids is 2. The summed E-state index contributed by atoms with van der Waals surface area (Å²) in [4.78, 5) is 42.5. The van der Waals surface area contributed by atoms with Gasteiger partial charge in [0.15, 0.2) is 0 Å². The molecule has 2 amide bonds. The number of aryl methyl sites for hydroxylation is 2. The fraction of sp³-hybridized carbons (Fsp3) is 0.294. The van der Waals surface area contributed by atoms with Crippen molar-refractivity contribution >= 4 is 40.5 Å². The van der Waals surface area contributed by atoms with Gasteiger partial charge in [-0.3, -0.25) is 24.4 Å². The van der Waals surface area contributed by atoms with Gasteiger partial charge in [0.2, 0.25) is 12.0 Å². The van der Waals surface area contributed by atoms with Crippen LogP contribution in [0.25, 0.3) is 0 Å². The molecule has 4 rings (SSSR count). The number of anilines is 1. The van der Waals surface area contributed by atoms with Crippen LogP contribution in [0.15, 0.2) is 23.4 Å². The zero-order valence-corrected chi connectivity index (χ0v) is 15.8. The number of halogens is 1. The molecule has 28 heavy (non-hydrogen) atoms. The molecule has 0 bridgehead atoms.